The molecule has 0 saturated heterocycles. The van der Waals surface area contributed by atoms with E-state index in [2.05, 4.69) is 211 Å². The molecule has 19 aromatic rings. The molecule has 0 atom stereocenters. The molecule has 17 nitrogen and oxygen atoms in total. The van der Waals surface area contributed by atoms with Crippen LogP contribution >= 0.6 is 11.3 Å². The van der Waals surface area contributed by atoms with Gasteiger partial charge in [0, 0.05) is 167 Å². The van der Waals surface area contributed by atoms with Gasteiger partial charge >= 0.3 is 0 Å². The van der Waals surface area contributed by atoms with Gasteiger partial charge in [-0.2, -0.15) is 49.7 Å². The number of furan rings is 2. The number of aromatic nitrogens is 5. The Bertz CT molecular complexity index is 6930. The minimum atomic E-state index is -0.00452. The Morgan fingerprint density at radius 1 is 0.364 bits per heavy atom. The molecular weight excluding hydrogens is 2030 g/mol. The van der Waals surface area contributed by atoms with E-state index in [0.29, 0.717) is 46.1 Å². The van der Waals surface area contributed by atoms with E-state index in [9.17, 15) is 0 Å². The molecule has 3 aliphatic heterocycles. The van der Waals surface area contributed by atoms with E-state index in [-0.39, 0.29) is 68.6 Å². The van der Waals surface area contributed by atoms with Gasteiger partial charge in [-0.1, -0.05) is 122 Å². The number of pyridine rings is 3. The fraction of sp³-hybridized carbons (Fsp3) is 0.0722. The van der Waals surface area contributed by atoms with Gasteiger partial charge in [0.1, 0.15) is 22.8 Å². The summed E-state index contributed by atoms with van der Waals surface area (Å²) in [6.07, 6.45) is 5.38. The van der Waals surface area contributed by atoms with Crippen LogP contribution in [0.1, 0.15) is 26.3 Å². The van der Waals surface area contributed by atoms with E-state index in [4.69, 9.17) is 32.8 Å². The molecule has 0 spiro atoms. The van der Waals surface area contributed by atoms with Crippen molar-refractivity contribution in [1.82, 2.24) is 24.1 Å². The second-order valence-electron chi connectivity index (χ2n) is 28.9. The van der Waals surface area contributed by atoms with Crippen molar-refractivity contribution in [2.24, 2.45) is 0 Å². The van der Waals surface area contributed by atoms with Gasteiger partial charge < -0.3 is 66.3 Å². The number of fused-ring (bicyclic) bond motifs is 15. The molecular formula is C97H68N11O6Pt3S-9. The Labute approximate surface area is 728 Å². The van der Waals surface area contributed by atoms with Crippen LogP contribution in [-0.2, 0) is 68.6 Å². The SMILES string of the molecule is CN1[CH-]N(c2[c-]c(Oc3[c-]c(Oc4ccccn4)ccc3)ccc2)c2oc3ccsc3c21.CN1[CH-]N(c2[c-]c(Oc3[c-]c4c(cc3)c3ccccc3n4-c3cc(C(C)(C)C)ccn3)ccc2)c2ccc3c(oc4ccccc43)c21.CN1[CH-]N(c2[c-]c(Oc3[c-]c4c(cc3)c3ccccc3n4-c3ccccn3)ccc2)c2ccccc21.[Pt].[Pt].[Pt]. The zero-order valence-electron chi connectivity index (χ0n) is 64.1. The first-order valence-electron chi connectivity index (χ1n) is 37.5. The predicted octanol–water partition coefficient (Wildman–Crippen LogP) is 24.5. The van der Waals surface area contributed by atoms with Crippen LogP contribution in [0.2, 0.25) is 0 Å². The first-order chi connectivity index (χ1) is 56.3. The first-order valence-corrected chi connectivity index (χ1v) is 38.4. The van der Waals surface area contributed by atoms with Gasteiger partial charge in [0.15, 0.2) is 11.5 Å². The van der Waals surface area contributed by atoms with Crippen LogP contribution in [0.25, 0.3) is 87.5 Å². The summed E-state index contributed by atoms with van der Waals surface area (Å²) < 4.78 is 42.4. The summed E-state index contributed by atoms with van der Waals surface area (Å²) in [4.78, 5) is 26.0. The number of thiophene rings is 1. The minimum Gasteiger partial charge on any atom is -0.509 e. The Morgan fingerprint density at radius 2 is 0.864 bits per heavy atom. The number of rotatable bonds is 13. The van der Waals surface area contributed by atoms with E-state index < -0.39 is 0 Å². The van der Waals surface area contributed by atoms with Gasteiger partial charge in [-0.05, 0) is 127 Å². The number of hydrogen-bond donors (Lipinski definition) is 0. The average molecular weight is 2100 g/mol. The third-order valence-corrected chi connectivity index (χ3v) is 21.4. The summed E-state index contributed by atoms with van der Waals surface area (Å²) in [6, 6.07) is 107. The summed E-state index contributed by atoms with van der Waals surface area (Å²) >= 11 is 1.67. The van der Waals surface area contributed by atoms with Crippen LogP contribution in [0.15, 0.2) is 294 Å². The van der Waals surface area contributed by atoms with E-state index in [1.165, 1.54) is 5.56 Å². The topological polar surface area (TPSA) is 131 Å². The molecule has 0 bridgehead atoms. The van der Waals surface area contributed by atoms with E-state index >= 15 is 0 Å². The third kappa shape index (κ3) is 14.7. The molecule has 0 N–H and O–H groups in total. The van der Waals surface area contributed by atoms with Crippen molar-refractivity contribution in [3.63, 3.8) is 0 Å². The standard InChI is InChI=1S/C41H31N4O2.C31H21N4O.C25H16N3O3S.3Pt/c1-41(2,3)26-20-21-42-38(22-26)45-34-14-7-5-12-30(34)31-17-16-29(24-36(31)45)46-28-11-9-10-27(23-28)44-25-43(4)39-35(44)19-18-33-32-13-6-8-15-37(32)47-40(33)39;1-33-21-34(29-14-5-4-13-28(29)33)22-9-8-10-23(19-22)36-24-16-17-26-25-11-2-3-12-27(25)35(30(26)20-24)31-15-6-7-18-32-31;1-27-16-28(25-23(27)24-21(31-25)11-13-32-24)17-6-4-7-18(14-17)29-19-8-5-9-20(15-19)30-22-10-2-3-12-26-22;;;/h5-22,25H,1-4H3;2-18,21H,1H3;2-13,16H,1H3;;;/q3*-3;;;. The van der Waals surface area contributed by atoms with Crippen LogP contribution in [0, 0.1) is 56.4 Å². The number of hydrogen-bond acceptors (Lipinski definition) is 16. The van der Waals surface area contributed by atoms with Gasteiger partial charge in [0.2, 0.25) is 5.88 Å². The number of nitrogens with zero attached hydrogens (tertiary/aromatic N) is 11. The molecule has 0 saturated carbocycles. The first kappa shape index (κ1) is 78.1. The Hall–Kier alpha value is -12.4. The Morgan fingerprint density at radius 3 is 1.49 bits per heavy atom. The molecule has 0 aliphatic carbocycles. The maximum absolute atomic E-state index is 6.46. The van der Waals surface area contributed by atoms with Gasteiger partial charge in [0.25, 0.3) is 0 Å². The largest absolute Gasteiger partial charge is 0.509 e. The second kappa shape index (κ2) is 32.6. The van der Waals surface area contributed by atoms with Crippen molar-refractivity contribution < 1.29 is 91.0 Å². The molecule has 592 valence electrons. The fourth-order valence-electron chi connectivity index (χ4n) is 15.1. The molecule has 11 heterocycles. The minimum absolute atomic E-state index is 0. The summed E-state index contributed by atoms with van der Waals surface area (Å²) in [5.74, 6) is 7.04. The molecule has 22 rings (SSSR count). The van der Waals surface area contributed by atoms with Gasteiger partial charge in [0.05, 0.1) is 16.1 Å². The van der Waals surface area contributed by atoms with Crippen molar-refractivity contribution in [3.05, 3.63) is 347 Å². The van der Waals surface area contributed by atoms with E-state index in [1.807, 2.05) is 202 Å². The number of anilines is 9. The molecule has 0 radical (unpaired) electrons. The molecule has 0 unspecified atom stereocenters. The third-order valence-electron chi connectivity index (χ3n) is 20.4. The average Bonchev–Trinajstić information content (AvgIpc) is 1.58. The number of para-hydroxylation sites is 5. The normalized spacial score (nSPS) is 12.8. The van der Waals surface area contributed by atoms with Gasteiger partial charge in [-0.3, -0.25) is 0 Å². The summed E-state index contributed by atoms with van der Waals surface area (Å²) in [7, 11) is 6.10. The maximum Gasteiger partial charge on any atom is 0.216 e. The molecule has 0 fully saturated rings. The van der Waals surface area contributed by atoms with Crippen molar-refractivity contribution in [1.29, 1.82) is 0 Å². The van der Waals surface area contributed by atoms with Crippen LogP contribution in [0.5, 0.6) is 46.1 Å². The Balaban J connectivity index is 0.000000128. The quantitative estimate of drug-likeness (QED) is 0.101. The van der Waals surface area contributed by atoms with E-state index in [0.717, 1.165) is 139 Å². The summed E-state index contributed by atoms with van der Waals surface area (Å²) in [5.41, 5.74) is 15.8. The molecule has 11 aromatic carbocycles. The second-order valence-corrected chi connectivity index (χ2v) is 29.8. The predicted molar refractivity (Wildman–Crippen MR) is 458 cm³/mol. The van der Waals surface area contributed by atoms with Crippen LogP contribution in [-0.4, -0.2) is 45.2 Å². The molecule has 8 aromatic heterocycles. The molecule has 21 heteroatoms. The van der Waals surface area contributed by atoms with Crippen molar-refractivity contribution in [2.75, 3.05) is 50.5 Å². The monoisotopic (exact) mass is 2100 g/mol. The summed E-state index contributed by atoms with van der Waals surface area (Å²) in [5, 5.41) is 8.75. The number of ether oxygens (including phenoxy) is 4. The van der Waals surface area contributed by atoms with Crippen LogP contribution in [0.4, 0.5) is 51.4 Å². The molecule has 3 aliphatic rings. The maximum atomic E-state index is 6.46. The molecule has 0 amide bonds. The van der Waals surface area contributed by atoms with Gasteiger partial charge in [-0.25, -0.2) is 15.0 Å². The number of benzene rings is 11. The molecule has 118 heavy (non-hydrogen) atoms. The zero-order chi connectivity index (χ0) is 77.4. The van der Waals surface area contributed by atoms with Crippen molar-refractivity contribution in [3.8, 4) is 57.8 Å². The Kier molecular flexibility index (Phi) is 21.6. The smallest absolute Gasteiger partial charge is 0.216 e. The van der Waals surface area contributed by atoms with Crippen LogP contribution < -0.4 is 48.3 Å². The zero-order valence-corrected chi connectivity index (χ0v) is 71.7. The summed E-state index contributed by atoms with van der Waals surface area (Å²) in [6.45, 7) is 12.8. The van der Waals surface area contributed by atoms with E-state index in [1.54, 1.807) is 29.7 Å². The van der Waals surface area contributed by atoms with Gasteiger partial charge in [-0.15, -0.1) is 131 Å². The van der Waals surface area contributed by atoms with Crippen molar-refractivity contribution in [2.45, 2.75) is 26.2 Å². The van der Waals surface area contributed by atoms with Crippen LogP contribution in [0.3, 0.4) is 0 Å². The fourth-order valence-corrected chi connectivity index (χ4v) is 16.0. The van der Waals surface area contributed by atoms with Crippen molar-refractivity contribution >= 4 is 139 Å².